The van der Waals surface area contributed by atoms with Gasteiger partial charge in [0.15, 0.2) is 0 Å². The van der Waals surface area contributed by atoms with Crippen molar-refractivity contribution in [3.8, 4) is 5.75 Å². The van der Waals surface area contributed by atoms with E-state index in [-0.39, 0.29) is 12.3 Å². The normalized spacial score (nSPS) is 10.9. The van der Waals surface area contributed by atoms with Crippen molar-refractivity contribution in [2.75, 3.05) is 6.61 Å². The third-order valence-corrected chi connectivity index (χ3v) is 5.45. The maximum atomic E-state index is 13.3. The van der Waals surface area contributed by atoms with Gasteiger partial charge in [0.1, 0.15) is 5.75 Å². The number of benzene rings is 2. The summed E-state index contributed by atoms with van der Waals surface area (Å²) in [5, 5.41) is 10.1. The first-order valence-electron chi connectivity index (χ1n) is 10.4. The Morgan fingerprint density at radius 3 is 2.44 bits per heavy atom. The maximum Gasteiger partial charge on any atom is 0.307 e. The molecule has 4 aromatic rings. The second-order valence-corrected chi connectivity index (χ2v) is 7.69. The van der Waals surface area contributed by atoms with Crippen LogP contribution in [0.2, 0.25) is 0 Å². The third kappa shape index (κ3) is 4.39. The van der Waals surface area contributed by atoms with E-state index in [9.17, 15) is 14.7 Å². The molecule has 2 heterocycles. The summed E-state index contributed by atoms with van der Waals surface area (Å²) in [6, 6.07) is 20.3. The second-order valence-electron chi connectivity index (χ2n) is 7.69. The topological polar surface area (TPSA) is 81.4 Å². The fraction of sp³-hybridized carbons (Fsp3) is 0.192. The van der Waals surface area contributed by atoms with E-state index >= 15 is 0 Å². The van der Waals surface area contributed by atoms with E-state index in [0.29, 0.717) is 41.1 Å². The fourth-order valence-corrected chi connectivity index (χ4v) is 3.91. The van der Waals surface area contributed by atoms with Gasteiger partial charge in [-0.3, -0.25) is 19.1 Å². The quantitative estimate of drug-likeness (QED) is 0.466. The minimum atomic E-state index is -0.925. The van der Waals surface area contributed by atoms with E-state index in [2.05, 4.69) is 4.98 Å². The van der Waals surface area contributed by atoms with Gasteiger partial charge >= 0.3 is 5.97 Å². The lowest BCUT2D eigenvalue weighted by Crippen LogP contribution is -2.14. The summed E-state index contributed by atoms with van der Waals surface area (Å²) in [4.78, 5) is 29.1. The highest BCUT2D eigenvalue weighted by Crippen LogP contribution is 2.27. The zero-order valence-corrected chi connectivity index (χ0v) is 18.0. The number of nitrogens with zero attached hydrogens (tertiary/aromatic N) is 2. The highest BCUT2D eigenvalue weighted by molar-refractivity contribution is 6.04. The molecule has 0 bridgehead atoms. The molecular formula is C26H24N2O4. The number of aryl methyl sites for hydroxylation is 1. The Bertz CT molecular complexity index is 1290. The van der Waals surface area contributed by atoms with Crippen LogP contribution >= 0.6 is 0 Å². The number of para-hydroxylation sites is 1. The Labute approximate surface area is 186 Å². The summed E-state index contributed by atoms with van der Waals surface area (Å²) < 4.78 is 7.40. The smallest absolute Gasteiger partial charge is 0.307 e. The van der Waals surface area contributed by atoms with Crippen molar-refractivity contribution in [2.45, 2.75) is 26.7 Å². The van der Waals surface area contributed by atoms with Crippen LogP contribution in [0.25, 0.3) is 10.9 Å². The third-order valence-electron chi connectivity index (χ3n) is 5.45. The summed E-state index contributed by atoms with van der Waals surface area (Å²) >= 11 is 0. The Hall–Kier alpha value is -3.93. The predicted octanol–water partition coefficient (Wildman–Crippen LogP) is 4.59. The van der Waals surface area contributed by atoms with Crippen LogP contribution in [0.5, 0.6) is 5.75 Å². The molecule has 0 fully saturated rings. The lowest BCUT2D eigenvalue weighted by Gasteiger charge is -2.10. The average molecular weight is 428 g/mol. The molecule has 162 valence electrons. The summed E-state index contributed by atoms with van der Waals surface area (Å²) in [5.74, 6) is -0.452. The number of carboxylic acid groups (broad SMARTS) is 1. The van der Waals surface area contributed by atoms with Gasteiger partial charge in [0.25, 0.3) is 5.91 Å². The molecule has 6 nitrogen and oxygen atoms in total. The first-order valence-corrected chi connectivity index (χ1v) is 10.4. The largest absolute Gasteiger partial charge is 0.493 e. The molecule has 0 radical (unpaired) electrons. The summed E-state index contributed by atoms with van der Waals surface area (Å²) in [7, 11) is 0. The first-order chi connectivity index (χ1) is 15.4. The van der Waals surface area contributed by atoms with Crippen LogP contribution in [-0.2, 0) is 17.6 Å². The van der Waals surface area contributed by atoms with Gasteiger partial charge in [-0.15, -0.1) is 0 Å². The molecule has 1 N–H and O–H groups in total. The molecule has 0 saturated carbocycles. The van der Waals surface area contributed by atoms with Crippen molar-refractivity contribution >= 4 is 22.8 Å². The molecule has 6 heteroatoms. The van der Waals surface area contributed by atoms with Gasteiger partial charge in [-0.05, 0) is 61.9 Å². The number of carbonyl (C=O) groups is 2. The standard InChI is InChI=1S/C26H24N2O4/c1-17-6-5-7-20(27-17)14-15-32-21-12-10-19(11-13-21)26(31)28-18(2)23(16-25(29)30)22-8-3-4-9-24(22)28/h3-13H,14-16H2,1-2H3,(H,29,30). The molecule has 0 aliphatic rings. The minimum Gasteiger partial charge on any atom is -0.493 e. The highest BCUT2D eigenvalue weighted by Gasteiger charge is 2.21. The maximum absolute atomic E-state index is 13.3. The number of aliphatic carboxylic acids is 1. The number of hydrogen-bond acceptors (Lipinski definition) is 4. The van der Waals surface area contributed by atoms with Crippen LogP contribution in [-0.4, -0.2) is 33.1 Å². The molecule has 2 aromatic heterocycles. The van der Waals surface area contributed by atoms with Gasteiger partial charge in [-0.25, -0.2) is 0 Å². The van der Waals surface area contributed by atoms with Crippen LogP contribution in [0.4, 0.5) is 0 Å². The number of rotatable bonds is 7. The zero-order valence-electron chi connectivity index (χ0n) is 18.0. The molecule has 0 aliphatic carbocycles. The molecule has 4 rings (SSSR count). The average Bonchev–Trinajstić information content (AvgIpc) is 3.05. The first kappa shape index (κ1) is 21.3. The van der Waals surface area contributed by atoms with Crippen LogP contribution in [0.3, 0.4) is 0 Å². The predicted molar refractivity (Wildman–Crippen MR) is 122 cm³/mol. The minimum absolute atomic E-state index is 0.130. The van der Waals surface area contributed by atoms with Crippen molar-refractivity contribution in [1.29, 1.82) is 0 Å². The number of aromatic nitrogens is 2. The van der Waals surface area contributed by atoms with Gasteiger partial charge in [-0.1, -0.05) is 24.3 Å². The number of carbonyl (C=O) groups excluding carboxylic acids is 1. The van der Waals surface area contributed by atoms with E-state index in [1.54, 1.807) is 35.8 Å². The zero-order chi connectivity index (χ0) is 22.7. The van der Waals surface area contributed by atoms with E-state index < -0.39 is 5.97 Å². The lowest BCUT2D eigenvalue weighted by atomic mass is 10.1. The fourth-order valence-electron chi connectivity index (χ4n) is 3.91. The van der Waals surface area contributed by atoms with E-state index in [0.717, 1.165) is 16.8 Å². The Kier molecular flexibility index (Phi) is 6.03. The molecular weight excluding hydrogens is 404 g/mol. The number of ether oxygens (including phenoxy) is 1. The van der Waals surface area contributed by atoms with Crippen LogP contribution in [0.1, 0.15) is 33.0 Å². The Morgan fingerprint density at radius 2 is 1.72 bits per heavy atom. The van der Waals surface area contributed by atoms with Crippen molar-refractivity contribution in [2.24, 2.45) is 0 Å². The molecule has 0 aliphatic heterocycles. The monoisotopic (exact) mass is 428 g/mol. The number of carboxylic acids is 1. The SMILES string of the molecule is Cc1cccc(CCOc2ccc(C(=O)n3c(C)c(CC(=O)O)c4ccccc43)cc2)n1. The van der Waals surface area contributed by atoms with Crippen molar-refractivity contribution < 1.29 is 19.4 Å². The van der Waals surface area contributed by atoms with Crippen LogP contribution < -0.4 is 4.74 Å². The van der Waals surface area contributed by atoms with Gasteiger partial charge in [0.2, 0.25) is 0 Å². The van der Waals surface area contributed by atoms with E-state index in [4.69, 9.17) is 4.74 Å². The lowest BCUT2D eigenvalue weighted by molar-refractivity contribution is -0.136. The summed E-state index contributed by atoms with van der Waals surface area (Å²) in [5.41, 5.74) is 4.46. The van der Waals surface area contributed by atoms with Gasteiger partial charge in [-0.2, -0.15) is 0 Å². The number of hydrogen-bond donors (Lipinski definition) is 1. The van der Waals surface area contributed by atoms with Crippen molar-refractivity contribution in [3.63, 3.8) is 0 Å². The number of pyridine rings is 1. The molecule has 0 amide bonds. The Morgan fingerprint density at radius 1 is 0.969 bits per heavy atom. The van der Waals surface area contributed by atoms with E-state index in [1.807, 2.05) is 49.4 Å². The number of fused-ring (bicyclic) bond motifs is 1. The molecule has 0 spiro atoms. The molecule has 0 atom stereocenters. The van der Waals surface area contributed by atoms with E-state index in [1.165, 1.54) is 0 Å². The summed E-state index contributed by atoms with van der Waals surface area (Å²) in [6.07, 6.45) is 0.568. The highest BCUT2D eigenvalue weighted by atomic mass is 16.5. The van der Waals surface area contributed by atoms with Crippen LogP contribution in [0, 0.1) is 13.8 Å². The van der Waals surface area contributed by atoms with Crippen molar-refractivity contribution in [3.05, 3.63) is 94.9 Å². The molecule has 0 unspecified atom stereocenters. The molecule has 0 saturated heterocycles. The molecule has 32 heavy (non-hydrogen) atoms. The van der Waals surface area contributed by atoms with Crippen molar-refractivity contribution in [1.82, 2.24) is 9.55 Å². The van der Waals surface area contributed by atoms with Crippen LogP contribution in [0.15, 0.2) is 66.7 Å². The van der Waals surface area contributed by atoms with Gasteiger partial charge in [0.05, 0.1) is 18.5 Å². The second kappa shape index (κ2) is 9.06. The Balaban J connectivity index is 1.52. The molecule has 2 aromatic carbocycles. The van der Waals surface area contributed by atoms with Gasteiger partial charge in [0, 0.05) is 34.5 Å². The van der Waals surface area contributed by atoms with Gasteiger partial charge < -0.3 is 9.84 Å². The summed E-state index contributed by atoms with van der Waals surface area (Å²) in [6.45, 7) is 4.23.